The minimum atomic E-state index is -3.81. The molecule has 2 aromatic carbocycles. The maximum atomic E-state index is 12.8. The van der Waals surface area contributed by atoms with Crippen LogP contribution in [-0.4, -0.2) is 25.2 Å². The van der Waals surface area contributed by atoms with Gasteiger partial charge < -0.3 is 4.74 Å². The lowest BCUT2D eigenvalue weighted by Gasteiger charge is -2.13. The highest BCUT2D eigenvalue weighted by atomic mass is 79.9. The third-order valence-corrected chi connectivity index (χ3v) is 5.10. The van der Waals surface area contributed by atoms with Crippen molar-refractivity contribution in [1.29, 1.82) is 0 Å². The van der Waals surface area contributed by atoms with Gasteiger partial charge in [-0.1, -0.05) is 28.1 Å². The van der Waals surface area contributed by atoms with Gasteiger partial charge in [0.15, 0.2) is 0 Å². The zero-order chi connectivity index (χ0) is 16.4. The van der Waals surface area contributed by atoms with Crippen LogP contribution in [0.5, 0.6) is 5.75 Å². The predicted octanol–water partition coefficient (Wildman–Crippen LogP) is 3.52. The molecule has 3 aromatic rings. The van der Waals surface area contributed by atoms with E-state index >= 15 is 0 Å². The number of aromatic nitrogens is 2. The minimum absolute atomic E-state index is 0.0743. The Bertz CT molecular complexity index is 954. The lowest BCUT2D eigenvalue weighted by atomic mass is 10.2. The molecule has 23 heavy (non-hydrogen) atoms. The molecule has 0 aliphatic carbocycles. The first kappa shape index (κ1) is 15.8. The van der Waals surface area contributed by atoms with E-state index in [-0.39, 0.29) is 4.90 Å². The normalized spacial score (nSPS) is 11.6. The van der Waals surface area contributed by atoms with Crippen LogP contribution in [-0.2, 0) is 10.0 Å². The summed E-state index contributed by atoms with van der Waals surface area (Å²) in [5.74, 6) is 0.306. The molecule has 0 amide bonds. The number of aromatic amines is 1. The van der Waals surface area contributed by atoms with Crippen molar-refractivity contribution < 1.29 is 13.2 Å². The Morgan fingerprint density at radius 3 is 2.91 bits per heavy atom. The smallest absolute Gasteiger partial charge is 0.265 e. The summed E-state index contributed by atoms with van der Waals surface area (Å²) in [5, 5.41) is 7.55. The minimum Gasteiger partial charge on any atom is -0.492 e. The Hall–Kier alpha value is -2.06. The maximum absolute atomic E-state index is 12.8. The van der Waals surface area contributed by atoms with Gasteiger partial charge in [-0.25, -0.2) is 8.42 Å². The topological polar surface area (TPSA) is 84.1 Å². The van der Waals surface area contributed by atoms with Crippen molar-refractivity contribution in [2.75, 3.05) is 11.3 Å². The van der Waals surface area contributed by atoms with Gasteiger partial charge in [0, 0.05) is 9.86 Å². The monoisotopic (exact) mass is 395 g/mol. The number of rotatable bonds is 5. The highest BCUT2D eigenvalue weighted by Crippen LogP contribution is 2.30. The summed E-state index contributed by atoms with van der Waals surface area (Å²) in [6.45, 7) is 2.18. The molecule has 1 heterocycles. The van der Waals surface area contributed by atoms with Crippen LogP contribution in [0.4, 0.5) is 5.69 Å². The molecule has 8 heteroatoms. The van der Waals surface area contributed by atoms with E-state index in [4.69, 9.17) is 4.74 Å². The Labute approximate surface area is 142 Å². The molecule has 6 nitrogen and oxygen atoms in total. The van der Waals surface area contributed by atoms with Gasteiger partial charge in [-0.2, -0.15) is 5.10 Å². The zero-order valence-corrected chi connectivity index (χ0v) is 14.6. The van der Waals surface area contributed by atoms with E-state index in [0.29, 0.717) is 28.0 Å². The number of ether oxygens (including phenoxy) is 1. The first-order valence-corrected chi connectivity index (χ1v) is 9.16. The van der Waals surface area contributed by atoms with Crippen LogP contribution in [0.25, 0.3) is 10.9 Å². The molecule has 0 bridgehead atoms. The lowest BCUT2D eigenvalue weighted by molar-refractivity contribution is 0.331. The number of hydrogen-bond donors (Lipinski definition) is 2. The number of benzene rings is 2. The zero-order valence-electron chi connectivity index (χ0n) is 12.2. The van der Waals surface area contributed by atoms with Gasteiger partial charge in [-0.05, 0) is 31.2 Å². The second-order valence-electron chi connectivity index (χ2n) is 4.77. The highest BCUT2D eigenvalue weighted by molar-refractivity contribution is 9.10. The van der Waals surface area contributed by atoms with Gasteiger partial charge in [-0.15, -0.1) is 0 Å². The van der Waals surface area contributed by atoms with Gasteiger partial charge >= 0.3 is 0 Å². The van der Waals surface area contributed by atoms with Crippen LogP contribution in [0.1, 0.15) is 6.92 Å². The molecule has 0 aliphatic rings. The number of nitrogens with zero attached hydrogens (tertiary/aromatic N) is 1. The van der Waals surface area contributed by atoms with Crippen molar-refractivity contribution in [2.45, 2.75) is 11.8 Å². The van der Waals surface area contributed by atoms with Crippen molar-refractivity contribution in [3.05, 3.63) is 47.1 Å². The summed E-state index contributed by atoms with van der Waals surface area (Å²) in [6.07, 6.45) is 1.64. The van der Waals surface area contributed by atoms with Crippen LogP contribution in [0, 0.1) is 0 Å². The summed E-state index contributed by atoms with van der Waals surface area (Å²) in [5.41, 5.74) is 1.06. The first-order chi connectivity index (χ1) is 11.0. The Kier molecular flexibility index (Phi) is 4.27. The van der Waals surface area contributed by atoms with Crippen molar-refractivity contribution in [3.8, 4) is 5.75 Å². The quantitative estimate of drug-likeness (QED) is 0.691. The van der Waals surface area contributed by atoms with E-state index in [0.717, 1.165) is 5.39 Å². The van der Waals surface area contributed by atoms with Gasteiger partial charge in [0.25, 0.3) is 10.0 Å². The van der Waals surface area contributed by atoms with Crippen LogP contribution in [0.15, 0.2) is 52.0 Å². The fraction of sp³-hybridized carbons (Fsp3) is 0.133. The van der Waals surface area contributed by atoms with E-state index in [1.165, 1.54) is 6.07 Å². The Balaban J connectivity index is 2.05. The van der Waals surface area contributed by atoms with Gasteiger partial charge in [0.05, 0.1) is 24.0 Å². The fourth-order valence-corrected chi connectivity index (χ4v) is 3.98. The van der Waals surface area contributed by atoms with Crippen LogP contribution in [0.3, 0.4) is 0 Å². The van der Waals surface area contributed by atoms with E-state index in [1.54, 1.807) is 37.4 Å². The van der Waals surface area contributed by atoms with E-state index in [2.05, 4.69) is 30.8 Å². The number of hydrogen-bond acceptors (Lipinski definition) is 4. The van der Waals surface area contributed by atoms with E-state index in [9.17, 15) is 8.42 Å². The molecular weight excluding hydrogens is 382 g/mol. The molecule has 0 aliphatic heterocycles. The Morgan fingerprint density at radius 1 is 1.30 bits per heavy atom. The number of para-hydroxylation sites is 1. The highest BCUT2D eigenvalue weighted by Gasteiger charge is 2.21. The molecule has 0 saturated carbocycles. The number of nitrogens with one attached hydrogen (secondary N) is 2. The van der Waals surface area contributed by atoms with E-state index < -0.39 is 10.0 Å². The van der Waals surface area contributed by atoms with Crippen molar-refractivity contribution >= 4 is 42.5 Å². The lowest BCUT2D eigenvalue weighted by Crippen LogP contribution is -2.15. The standard InChI is InChI=1S/C15H14BrN3O3S/c1-2-22-13-7-6-11(16)8-14(13)23(20,21)19-12-5-3-4-10-9-17-18-15(10)12/h3-9,19H,2H2,1H3,(H,17,18). The van der Waals surface area contributed by atoms with Crippen LogP contribution >= 0.6 is 15.9 Å². The largest absolute Gasteiger partial charge is 0.492 e. The summed E-state index contributed by atoms with van der Waals surface area (Å²) >= 11 is 3.29. The molecule has 3 rings (SSSR count). The van der Waals surface area contributed by atoms with Gasteiger partial charge in [0.1, 0.15) is 10.6 Å². The average Bonchev–Trinajstić information content (AvgIpc) is 2.98. The fourth-order valence-electron chi connectivity index (χ4n) is 2.22. The SMILES string of the molecule is CCOc1ccc(Br)cc1S(=O)(=O)Nc1cccc2cn[nH]c12. The average molecular weight is 396 g/mol. The van der Waals surface area contributed by atoms with Crippen molar-refractivity contribution in [3.63, 3.8) is 0 Å². The molecule has 0 fully saturated rings. The third-order valence-electron chi connectivity index (χ3n) is 3.22. The predicted molar refractivity (Wildman–Crippen MR) is 92.2 cm³/mol. The van der Waals surface area contributed by atoms with Crippen molar-refractivity contribution in [2.24, 2.45) is 0 Å². The third kappa shape index (κ3) is 3.18. The number of sulfonamides is 1. The summed E-state index contributed by atoms with van der Waals surface area (Å²) < 4.78 is 34.2. The number of anilines is 1. The van der Waals surface area contributed by atoms with Gasteiger partial charge in [0.2, 0.25) is 0 Å². The molecule has 0 unspecified atom stereocenters. The molecule has 1 aromatic heterocycles. The summed E-state index contributed by atoms with van der Waals surface area (Å²) in [7, 11) is -3.81. The van der Waals surface area contributed by atoms with Crippen LogP contribution in [0.2, 0.25) is 0 Å². The molecule has 0 saturated heterocycles. The number of H-pyrrole nitrogens is 1. The molecule has 120 valence electrons. The van der Waals surface area contributed by atoms with E-state index in [1.807, 2.05) is 6.07 Å². The Morgan fingerprint density at radius 2 is 2.13 bits per heavy atom. The summed E-state index contributed by atoms with van der Waals surface area (Å²) in [4.78, 5) is 0.0743. The molecule has 0 spiro atoms. The first-order valence-electron chi connectivity index (χ1n) is 6.88. The molecule has 0 radical (unpaired) electrons. The maximum Gasteiger partial charge on any atom is 0.265 e. The van der Waals surface area contributed by atoms with Crippen molar-refractivity contribution in [1.82, 2.24) is 10.2 Å². The second-order valence-corrected chi connectivity index (χ2v) is 7.34. The molecule has 0 atom stereocenters. The number of halogens is 1. The molecule has 2 N–H and O–H groups in total. The summed E-state index contributed by atoms with van der Waals surface area (Å²) in [6, 6.07) is 10.2. The molecular formula is C15H14BrN3O3S. The number of fused-ring (bicyclic) bond motifs is 1. The van der Waals surface area contributed by atoms with Crippen LogP contribution < -0.4 is 9.46 Å². The van der Waals surface area contributed by atoms with Gasteiger partial charge in [-0.3, -0.25) is 9.82 Å². The second kappa shape index (κ2) is 6.21.